The Morgan fingerprint density at radius 3 is 2.03 bits per heavy atom. The molecular weight excluding hydrogens is 494 g/mol. The summed E-state index contributed by atoms with van der Waals surface area (Å²) in [6, 6.07) is -1.31. The van der Waals surface area contributed by atoms with Gasteiger partial charge in [0.15, 0.2) is 18.9 Å². The number of carbonyl (C=O) groups excluding carboxylic acids is 1. The number of amides is 1. The van der Waals surface area contributed by atoms with Gasteiger partial charge in [0.25, 0.3) is 0 Å². The molecule has 0 spiro atoms. The summed E-state index contributed by atoms with van der Waals surface area (Å²) in [4.78, 5) is 11.9. The van der Waals surface area contributed by atoms with Crippen molar-refractivity contribution in [2.45, 2.75) is 106 Å². The number of nitrogens with one attached hydrogen (secondary N) is 1. The van der Waals surface area contributed by atoms with Crippen LogP contribution in [-0.4, -0.2) is 157 Å². The van der Waals surface area contributed by atoms with E-state index in [1.165, 1.54) is 6.92 Å². The minimum atomic E-state index is -1.83. The summed E-state index contributed by atoms with van der Waals surface area (Å²) in [5.74, 6) is -0.614. The van der Waals surface area contributed by atoms with Gasteiger partial charge in [-0.3, -0.25) is 4.79 Å². The maximum atomic E-state index is 11.9. The van der Waals surface area contributed by atoms with Crippen molar-refractivity contribution < 1.29 is 74.4 Å². The molecule has 16 heteroatoms. The summed E-state index contributed by atoms with van der Waals surface area (Å²) in [6.45, 7) is 1.29. The lowest BCUT2D eigenvalue weighted by Crippen LogP contribution is -2.68. The van der Waals surface area contributed by atoms with Crippen molar-refractivity contribution in [1.29, 1.82) is 0 Å². The molecule has 36 heavy (non-hydrogen) atoms. The fraction of sp³-hybridized carbons (Fsp3) is 0.950. The summed E-state index contributed by atoms with van der Waals surface area (Å²) in [6.07, 6.45) is -21.5. The topological polar surface area (TPSA) is 257 Å². The molecule has 3 saturated heterocycles. The summed E-state index contributed by atoms with van der Waals surface area (Å²) < 4.78 is 27.3. The summed E-state index contributed by atoms with van der Waals surface area (Å²) in [7, 11) is 0. The van der Waals surface area contributed by atoms with Gasteiger partial charge in [-0.05, 0) is 6.92 Å². The van der Waals surface area contributed by atoms with Gasteiger partial charge in [0.05, 0.1) is 19.3 Å². The number of hydrogen-bond acceptors (Lipinski definition) is 15. The fourth-order valence-electron chi connectivity index (χ4n) is 4.30. The first-order chi connectivity index (χ1) is 16.9. The Balaban J connectivity index is 1.79. The van der Waals surface area contributed by atoms with Gasteiger partial charge in [0, 0.05) is 6.92 Å². The van der Waals surface area contributed by atoms with Crippen LogP contribution in [0.2, 0.25) is 0 Å². The highest BCUT2D eigenvalue weighted by Crippen LogP contribution is 2.30. The Hall–Kier alpha value is -1.09. The molecule has 1 amide bonds. The van der Waals surface area contributed by atoms with E-state index in [0.29, 0.717) is 0 Å². The summed E-state index contributed by atoms with van der Waals surface area (Å²) in [5.41, 5.74) is 0. The van der Waals surface area contributed by atoms with Crippen molar-refractivity contribution >= 4 is 5.91 Å². The standard InChI is InChI=1S/C20H35NO15/c1-5-10(24)13(27)16(30)20(33-5)36-17-9(21-6(2)23)19(35-7(3-22)12(17)26)32-4-8-11(25)14(28)15(29)18(31)34-8/h5,7-20,22,24-31H,3-4H2,1-2H3,(H,21,23)/t5-,7+,8+,9+,10+,11-,12+,13+,14-,15+,16-,17+,18?,19+,20-/m0/s1. The van der Waals surface area contributed by atoms with Gasteiger partial charge in [-0.25, -0.2) is 0 Å². The molecular formula is C20H35NO15. The Labute approximate surface area is 205 Å². The SMILES string of the molecule is CC(=O)N[C@H]1[C@H](OC[C@H]2OC(O)[C@H](O)[C@@H](O)[C@H]2O)O[C@H](CO)[C@@H](O)[C@@H]1O[C@@H]1O[C@@H](C)[C@@H](O)[C@@H](O)[C@@H]1O. The zero-order valence-corrected chi connectivity index (χ0v) is 19.5. The Bertz CT molecular complexity index is 731. The molecule has 0 aromatic rings. The lowest BCUT2D eigenvalue weighted by molar-refractivity contribution is -0.346. The van der Waals surface area contributed by atoms with Crippen molar-refractivity contribution in [2.24, 2.45) is 0 Å². The van der Waals surface area contributed by atoms with E-state index >= 15 is 0 Å². The molecule has 0 aliphatic carbocycles. The van der Waals surface area contributed by atoms with Gasteiger partial charge in [-0.1, -0.05) is 0 Å². The number of carbonyl (C=O) groups is 1. The Morgan fingerprint density at radius 2 is 1.42 bits per heavy atom. The summed E-state index contributed by atoms with van der Waals surface area (Å²) in [5, 5.41) is 92.6. The van der Waals surface area contributed by atoms with Crippen LogP contribution in [-0.2, 0) is 28.5 Å². The molecule has 3 aliphatic rings. The third kappa shape index (κ3) is 6.13. The minimum absolute atomic E-state index is 0.547. The van der Waals surface area contributed by atoms with Crippen molar-refractivity contribution in [3.8, 4) is 0 Å². The van der Waals surface area contributed by atoms with Crippen LogP contribution in [0.1, 0.15) is 13.8 Å². The maximum Gasteiger partial charge on any atom is 0.217 e. The predicted molar refractivity (Wildman–Crippen MR) is 111 cm³/mol. The normalized spacial score (nSPS) is 50.0. The number of rotatable bonds is 7. The lowest BCUT2D eigenvalue weighted by Gasteiger charge is -2.47. The van der Waals surface area contributed by atoms with Gasteiger partial charge < -0.3 is 75.0 Å². The molecule has 210 valence electrons. The van der Waals surface area contributed by atoms with Crippen LogP contribution in [0.5, 0.6) is 0 Å². The molecule has 0 saturated carbocycles. The first-order valence-electron chi connectivity index (χ1n) is 11.4. The minimum Gasteiger partial charge on any atom is -0.394 e. The highest BCUT2D eigenvalue weighted by atomic mass is 16.7. The van der Waals surface area contributed by atoms with Crippen LogP contribution in [0.4, 0.5) is 0 Å². The van der Waals surface area contributed by atoms with Crippen molar-refractivity contribution in [3.63, 3.8) is 0 Å². The van der Waals surface area contributed by atoms with Crippen molar-refractivity contribution in [2.75, 3.05) is 13.2 Å². The smallest absolute Gasteiger partial charge is 0.217 e. The van der Waals surface area contributed by atoms with Crippen LogP contribution in [0, 0.1) is 0 Å². The number of aliphatic hydroxyl groups is 9. The van der Waals surface area contributed by atoms with E-state index in [1.54, 1.807) is 0 Å². The largest absolute Gasteiger partial charge is 0.394 e. The van der Waals surface area contributed by atoms with Gasteiger partial charge in [0.2, 0.25) is 5.91 Å². The fourth-order valence-corrected chi connectivity index (χ4v) is 4.30. The Kier molecular flexibility index (Phi) is 9.97. The third-order valence-electron chi connectivity index (χ3n) is 6.43. The highest BCUT2D eigenvalue weighted by Gasteiger charge is 2.52. The molecule has 0 radical (unpaired) electrons. The molecule has 3 fully saturated rings. The molecule has 3 rings (SSSR count). The maximum absolute atomic E-state index is 11.9. The molecule has 3 heterocycles. The van der Waals surface area contributed by atoms with E-state index in [1.807, 2.05) is 0 Å². The summed E-state index contributed by atoms with van der Waals surface area (Å²) >= 11 is 0. The third-order valence-corrected chi connectivity index (χ3v) is 6.43. The highest BCUT2D eigenvalue weighted by molar-refractivity contribution is 5.73. The zero-order chi connectivity index (χ0) is 26.9. The van der Waals surface area contributed by atoms with Crippen molar-refractivity contribution in [3.05, 3.63) is 0 Å². The van der Waals surface area contributed by atoms with Gasteiger partial charge in [-0.2, -0.15) is 0 Å². The second kappa shape index (κ2) is 12.2. The van der Waals surface area contributed by atoms with E-state index in [0.717, 1.165) is 6.92 Å². The lowest BCUT2D eigenvalue weighted by atomic mass is 9.95. The number of ether oxygens (including phenoxy) is 5. The van der Waals surface area contributed by atoms with E-state index in [2.05, 4.69) is 5.32 Å². The second-order valence-corrected chi connectivity index (χ2v) is 9.09. The van der Waals surface area contributed by atoms with Crippen LogP contribution in [0.15, 0.2) is 0 Å². The van der Waals surface area contributed by atoms with E-state index < -0.39 is 111 Å². The second-order valence-electron chi connectivity index (χ2n) is 9.09. The van der Waals surface area contributed by atoms with Crippen LogP contribution in [0.3, 0.4) is 0 Å². The number of aliphatic hydroxyl groups excluding tert-OH is 9. The molecule has 0 bridgehead atoms. The molecule has 1 unspecified atom stereocenters. The monoisotopic (exact) mass is 529 g/mol. The van der Waals surface area contributed by atoms with Crippen LogP contribution in [0.25, 0.3) is 0 Å². The molecule has 0 aromatic carbocycles. The molecule has 15 atom stereocenters. The molecule has 10 N–H and O–H groups in total. The van der Waals surface area contributed by atoms with E-state index in [4.69, 9.17) is 23.7 Å². The van der Waals surface area contributed by atoms with Crippen molar-refractivity contribution in [1.82, 2.24) is 5.32 Å². The molecule has 3 aliphatic heterocycles. The average Bonchev–Trinajstić information content (AvgIpc) is 2.83. The van der Waals surface area contributed by atoms with E-state index in [9.17, 15) is 50.8 Å². The predicted octanol–water partition coefficient (Wildman–Crippen LogP) is -6.40. The van der Waals surface area contributed by atoms with Crippen LogP contribution >= 0.6 is 0 Å². The quantitative estimate of drug-likeness (QED) is 0.147. The first kappa shape index (κ1) is 29.5. The molecule has 0 aromatic heterocycles. The average molecular weight is 529 g/mol. The van der Waals surface area contributed by atoms with Gasteiger partial charge in [-0.15, -0.1) is 0 Å². The Morgan fingerprint density at radius 1 is 0.778 bits per heavy atom. The van der Waals surface area contributed by atoms with E-state index in [-0.39, 0.29) is 0 Å². The van der Waals surface area contributed by atoms with Crippen LogP contribution < -0.4 is 5.32 Å². The zero-order valence-electron chi connectivity index (χ0n) is 19.5. The molecule has 16 nitrogen and oxygen atoms in total. The van der Waals surface area contributed by atoms with Gasteiger partial charge >= 0.3 is 0 Å². The first-order valence-corrected chi connectivity index (χ1v) is 11.4. The van der Waals surface area contributed by atoms with Gasteiger partial charge in [0.1, 0.15) is 67.1 Å². The number of hydrogen-bond donors (Lipinski definition) is 10.